The minimum Gasteiger partial charge on any atom is -0.351 e. The number of hydrogen-bond donors (Lipinski definition) is 1. The van der Waals surface area contributed by atoms with Crippen molar-refractivity contribution in [2.24, 2.45) is 14.1 Å². The van der Waals surface area contributed by atoms with Crippen molar-refractivity contribution in [3.05, 3.63) is 61.2 Å². The molecular formula is C20H17N7. The number of hydrogen-bond acceptors (Lipinski definition) is 5. The summed E-state index contributed by atoms with van der Waals surface area (Å²) >= 11 is 0. The minimum atomic E-state index is 0.807. The molecule has 132 valence electrons. The largest absolute Gasteiger partial charge is 0.351 e. The van der Waals surface area contributed by atoms with Crippen LogP contribution in [0.4, 0.5) is 11.5 Å². The van der Waals surface area contributed by atoms with Crippen molar-refractivity contribution in [3.63, 3.8) is 0 Å². The van der Waals surface area contributed by atoms with E-state index < -0.39 is 0 Å². The van der Waals surface area contributed by atoms with Gasteiger partial charge in [0, 0.05) is 49.5 Å². The predicted octanol–water partition coefficient (Wildman–Crippen LogP) is 3.66. The minimum absolute atomic E-state index is 0.807. The molecule has 3 heterocycles. The zero-order chi connectivity index (χ0) is 18.4. The molecule has 0 radical (unpaired) electrons. The molecule has 0 unspecified atom stereocenters. The van der Waals surface area contributed by atoms with Gasteiger partial charge in [0.05, 0.1) is 17.2 Å². The second kappa shape index (κ2) is 5.91. The molecule has 2 aromatic carbocycles. The summed E-state index contributed by atoms with van der Waals surface area (Å²) < 4.78 is 3.81. The summed E-state index contributed by atoms with van der Waals surface area (Å²) in [6.07, 6.45) is 7.20. The first-order chi connectivity index (χ1) is 13.2. The molecule has 3 aromatic heterocycles. The van der Waals surface area contributed by atoms with Gasteiger partial charge < -0.3 is 9.88 Å². The zero-order valence-electron chi connectivity index (χ0n) is 15.0. The molecule has 0 aliphatic rings. The molecule has 0 saturated carbocycles. The number of anilines is 2. The molecule has 0 fully saturated rings. The normalized spacial score (nSPS) is 11.3. The van der Waals surface area contributed by atoms with Gasteiger partial charge in [-0.1, -0.05) is 17.3 Å². The molecule has 5 aromatic rings. The lowest BCUT2D eigenvalue weighted by molar-refractivity contribution is 0.721. The van der Waals surface area contributed by atoms with E-state index in [2.05, 4.69) is 73.7 Å². The van der Waals surface area contributed by atoms with E-state index in [1.165, 1.54) is 10.9 Å². The Balaban J connectivity index is 1.71. The Morgan fingerprint density at radius 1 is 0.963 bits per heavy atom. The molecule has 0 aliphatic heterocycles. The van der Waals surface area contributed by atoms with E-state index in [9.17, 15) is 0 Å². The van der Waals surface area contributed by atoms with E-state index in [4.69, 9.17) is 0 Å². The standard InChI is InChI=1S/C20H17N7/c1-26-8-5-13-3-4-14(9-18(13)26)16-10-15(24-19-12-23-25-27(19)2)11-17-20(16)22-7-6-21-17/h3-12,24H,1-2H3. The van der Waals surface area contributed by atoms with Crippen LogP contribution in [0.3, 0.4) is 0 Å². The zero-order valence-corrected chi connectivity index (χ0v) is 15.0. The molecule has 5 rings (SSSR count). The molecule has 0 atom stereocenters. The molecule has 7 heteroatoms. The number of fused-ring (bicyclic) bond motifs is 2. The van der Waals surface area contributed by atoms with Crippen molar-refractivity contribution >= 4 is 33.4 Å². The third kappa shape index (κ3) is 2.60. The molecule has 0 spiro atoms. The van der Waals surface area contributed by atoms with E-state index >= 15 is 0 Å². The molecule has 27 heavy (non-hydrogen) atoms. The third-order valence-electron chi connectivity index (χ3n) is 4.76. The van der Waals surface area contributed by atoms with Crippen LogP contribution >= 0.6 is 0 Å². The van der Waals surface area contributed by atoms with Gasteiger partial charge in [-0.25, -0.2) is 4.68 Å². The Morgan fingerprint density at radius 2 is 1.85 bits per heavy atom. The maximum atomic E-state index is 4.58. The maximum absolute atomic E-state index is 4.58. The average molecular weight is 355 g/mol. The van der Waals surface area contributed by atoms with Crippen molar-refractivity contribution in [3.8, 4) is 11.1 Å². The molecule has 7 nitrogen and oxygen atoms in total. The lowest BCUT2D eigenvalue weighted by atomic mass is 10.0. The predicted molar refractivity (Wildman–Crippen MR) is 106 cm³/mol. The Bertz CT molecular complexity index is 1280. The van der Waals surface area contributed by atoms with Gasteiger partial charge in [0.2, 0.25) is 0 Å². The maximum Gasteiger partial charge on any atom is 0.148 e. The Hall–Kier alpha value is -3.74. The summed E-state index contributed by atoms with van der Waals surface area (Å²) in [5.41, 5.74) is 5.93. The second-order valence-corrected chi connectivity index (χ2v) is 6.52. The van der Waals surface area contributed by atoms with E-state index in [0.717, 1.165) is 33.7 Å². The first kappa shape index (κ1) is 15.5. The van der Waals surface area contributed by atoms with Crippen LogP contribution < -0.4 is 5.32 Å². The highest BCUT2D eigenvalue weighted by molar-refractivity contribution is 5.97. The number of aryl methyl sites for hydroxylation is 2. The van der Waals surface area contributed by atoms with Crippen molar-refractivity contribution in [2.45, 2.75) is 0 Å². The fourth-order valence-electron chi connectivity index (χ4n) is 3.35. The summed E-state index contributed by atoms with van der Waals surface area (Å²) in [6.45, 7) is 0. The van der Waals surface area contributed by atoms with Crippen LogP contribution in [0.1, 0.15) is 0 Å². The van der Waals surface area contributed by atoms with Crippen LogP contribution in [0, 0.1) is 0 Å². The van der Waals surface area contributed by atoms with Crippen molar-refractivity contribution < 1.29 is 0 Å². The fourth-order valence-corrected chi connectivity index (χ4v) is 3.35. The van der Waals surface area contributed by atoms with Crippen molar-refractivity contribution in [2.75, 3.05) is 5.32 Å². The van der Waals surface area contributed by atoms with Crippen molar-refractivity contribution in [1.29, 1.82) is 0 Å². The molecule has 0 amide bonds. The van der Waals surface area contributed by atoms with Crippen LogP contribution in [0.2, 0.25) is 0 Å². The third-order valence-corrected chi connectivity index (χ3v) is 4.76. The van der Waals surface area contributed by atoms with E-state index in [1.54, 1.807) is 23.3 Å². The van der Waals surface area contributed by atoms with Gasteiger partial charge in [0.25, 0.3) is 0 Å². The molecule has 0 saturated heterocycles. The number of aromatic nitrogens is 6. The SMILES string of the molecule is Cn1nncc1Nc1cc(-c2ccc3ccn(C)c3c2)c2nccnc2c1. The first-order valence-corrected chi connectivity index (χ1v) is 8.61. The van der Waals surface area contributed by atoms with E-state index in [0.29, 0.717) is 0 Å². The number of rotatable bonds is 3. The van der Waals surface area contributed by atoms with Crippen LogP contribution in [0.5, 0.6) is 0 Å². The second-order valence-electron chi connectivity index (χ2n) is 6.52. The highest BCUT2D eigenvalue weighted by Crippen LogP contribution is 2.33. The van der Waals surface area contributed by atoms with Gasteiger partial charge in [-0.2, -0.15) is 0 Å². The molecular weight excluding hydrogens is 338 g/mol. The van der Waals surface area contributed by atoms with Crippen molar-refractivity contribution in [1.82, 2.24) is 29.5 Å². The topological polar surface area (TPSA) is 73.5 Å². The summed E-state index contributed by atoms with van der Waals surface area (Å²) in [6, 6.07) is 12.6. The fraction of sp³-hybridized carbons (Fsp3) is 0.100. The lowest BCUT2D eigenvalue weighted by Gasteiger charge is -2.11. The van der Waals surface area contributed by atoms with Gasteiger partial charge in [-0.3, -0.25) is 9.97 Å². The summed E-state index contributed by atoms with van der Waals surface area (Å²) in [7, 11) is 3.90. The van der Waals surface area contributed by atoms with E-state index in [-0.39, 0.29) is 0 Å². The number of nitrogens with one attached hydrogen (secondary N) is 1. The van der Waals surface area contributed by atoms with Gasteiger partial charge >= 0.3 is 0 Å². The molecule has 0 aliphatic carbocycles. The summed E-state index contributed by atoms with van der Waals surface area (Å²) in [5, 5.41) is 12.5. The van der Waals surface area contributed by atoms with E-state index in [1.807, 2.05) is 13.1 Å². The van der Waals surface area contributed by atoms with Crippen LogP contribution in [0.25, 0.3) is 33.1 Å². The lowest BCUT2D eigenvalue weighted by Crippen LogP contribution is -2.00. The average Bonchev–Trinajstić information content (AvgIpc) is 3.26. The van der Waals surface area contributed by atoms with Crippen LogP contribution in [0.15, 0.2) is 61.2 Å². The highest BCUT2D eigenvalue weighted by atomic mass is 15.4. The van der Waals surface area contributed by atoms with Gasteiger partial charge in [0.15, 0.2) is 0 Å². The monoisotopic (exact) mass is 355 g/mol. The van der Waals surface area contributed by atoms with Crippen LogP contribution in [-0.2, 0) is 14.1 Å². The van der Waals surface area contributed by atoms with Gasteiger partial charge in [-0.05, 0) is 35.2 Å². The first-order valence-electron chi connectivity index (χ1n) is 8.61. The Labute approximate surface area is 155 Å². The highest BCUT2D eigenvalue weighted by Gasteiger charge is 2.11. The molecule has 0 bridgehead atoms. The van der Waals surface area contributed by atoms with Crippen LogP contribution in [-0.4, -0.2) is 29.5 Å². The summed E-state index contributed by atoms with van der Waals surface area (Å²) in [5.74, 6) is 0.807. The Kier molecular flexibility index (Phi) is 3.39. The van der Waals surface area contributed by atoms with Gasteiger partial charge in [-0.15, -0.1) is 5.10 Å². The number of benzene rings is 2. The Morgan fingerprint density at radius 3 is 2.70 bits per heavy atom. The van der Waals surface area contributed by atoms with Gasteiger partial charge in [0.1, 0.15) is 5.82 Å². The molecule has 1 N–H and O–H groups in total. The number of nitrogens with zero attached hydrogens (tertiary/aromatic N) is 6. The smallest absolute Gasteiger partial charge is 0.148 e. The summed E-state index contributed by atoms with van der Waals surface area (Å²) in [4.78, 5) is 9.08. The quantitative estimate of drug-likeness (QED) is 0.535.